The summed E-state index contributed by atoms with van der Waals surface area (Å²) in [5.74, 6) is 7.15. The van der Waals surface area contributed by atoms with Crippen molar-refractivity contribution in [2.75, 3.05) is 32.7 Å². The van der Waals surface area contributed by atoms with Crippen molar-refractivity contribution in [3.05, 3.63) is 117 Å². The number of carbonyl (C=O) groups excluding carboxylic acids is 4. The minimum atomic E-state index is -0.701. The van der Waals surface area contributed by atoms with E-state index in [2.05, 4.69) is 57.7 Å². The van der Waals surface area contributed by atoms with Gasteiger partial charge in [0, 0.05) is 50.0 Å². The minimum absolute atomic E-state index is 0.0710. The molecule has 3 aliphatic heterocycles. The van der Waals surface area contributed by atoms with Gasteiger partial charge in [0.2, 0.25) is 17.7 Å². The van der Waals surface area contributed by atoms with Crippen molar-refractivity contribution in [2.24, 2.45) is 13.0 Å². The molecule has 0 radical (unpaired) electrons. The molecule has 11 nitrogen and oxygen atoms in total. The number of amides is 4. The first-order chi connectivity index (χ1) is 29.5. The highest BCUT2D eigenvalue weighted by atomic mass is 16.2. The van der Waals surface area contributed by atoms with Crippen LogP contribution in [0.4, 0.5) is 0 Å². The summed E-state index contributed by atoms with van der Waals surface area (Å²) in [6, 6.07) is 25.3. The molecule has 2 atom stereocenters. The van der Waals surface area contributed by atoms with Gasteiger partial charge in [-0.2, -0.15) is 0 Å². The monoisotopic (exact) mass is 820 g/mol. The van der Waals surface area contributed by atoms with E-state index in [1.165, 1.54) is 4.57 Å². The van der Waals surface area contributed by atoms with Crippen LogP contribution in [0.15, 0.2) is 83.7 Å². The molecule has 3 aliphatic rings. The van der Waals surface area contributed by atoms with Crippen LogP contribution in [0.25, 0.3) is 21.8 Å². The summed E-state index contributed by atoms with van der Waals surface area (Å²) in [5.41, 5.74) is 6.08. The average Bonchev–Trinajstić information content (AvgIpc) is 3.52. The number of carbonyl (C=O) groups is 4. The van der Waals surface area contributed by atoms with Crippen LogP contribution in [-0.4, -0.2) is 75.3 Å². The van der Waals surface area contributed by atoms with Crippen LogP contribution in [-0.2, 0) is 21.4 Å². The van der Waals surface area contributed by atoms with Gasteiger partial charge in [-0.15, -0.1) is 0 Å². The number of imidazole rings is 1. The lowest BCUT2D eigenvalue weighted by Crippen LogP contribution is -2.44. The Balaban J connectivity index is 0.772. The molecule has 5 aromatic rings. The molecule has 3 fully saturated rings. The van der Waals surface area contributed by atoms with Crippen molar-refractivity contribution < 1.29 is 19.2 Å². The minimum Gasteiger partial charge on any atom is -0.345 e. The lowest BCUT2D eigenvalue weighted by molar-refractivity contribution is -0.136. The van der Waals surface area contributed by atoms with Crippen molar-refractivity contribution in [1.82, 2.24) is 29.6 Å². The van der Waals surface area contributed by atoms with E-state index < -0.39 is 11.9 Å². The Hall–Kier alpha value is -5.99. The van der Waals surface area contributed by atoms with Crippen LogP contribution >= 0.6 is 0 Å². The standard InChI is InChI=1S/C50H56N6O5/c1-33-10-4-5-11-39(33)48(59)51-34(2)40-19-17-37(41-12-6-7-13-42(40)41)16-15-35-23-28-54(29-24-35)27-9-8-14-47(58)55-30-25-36(26-31-55)38-18-20-43-45(32-38)53(3)50(61)56(43)44-21-22-46(57)52-49(44)60/h4-7,10-13,17-20,32,34-36,44H,8-9,14,21-31H2,1-3H3,(H,51,59)(H,52,57,60)/t34-,44?/m1/s1. The van der Waals surface area contributed by atoms with Gasteiger partial charge in [-0.05, 0) is 136 Å². The quantitative estimate of drug-likeness (QED) is 0.0897. The summed E-state index contributed by atoms with van der Waals surface area (Å²) >= 11 is 0. The number of likely N-dealkylation sites (tertiary alicyclic amines) is 2. The lowest BCUT2D eigenvalue weighted by atomic mass is 9.89. The summed E-state index contributed by atoms with van der Waals surface area (Å²) in [7, 11) is 1.72. The van der Waals surface area contributed by atoms with E-state index in [0.29, 0.717) is 29.8 Å². The molecule has 0 aliphatic carbocycles. The predicted octanol–water partition coefficient (Wildman–Crippen LogP) is 6.91. The fourth-order valence-corrected chi connectivity index (χ4v) is 9.57. The van der Waals surface area contributed by atoms with Crippen LogP contribution in [0.2, 0.25) is 0 Å². The maximum Gasteiger partial charge on any atom is 0.329 e. The highest BCUT2D eigenvalue weighted by Gasteiger charge is 2.32. The second kappa shape index (κ2) is 18.3. The first-order valence-corrected chi connectivity index (χ1v) is 22.0. The van der Waals surface area contributed by atoms with E-state index >= 15 is 0 Å². The van der Waals surface area contributed by atoms with Gasteiger partial charge in [-0.25, -0.2) is 4.79 Å². The Morgan fingerprint density at radius 2 is 1.57 bits per heavy atom. The van der Waals surface area contributed by atoms with Gasteiger partial charge in [-0.1, -0.05) is 66.4 Å². The molecule has 316 valence electrons. The largest absolute Gasteiger partial charge is 0.345 e. The molecule has 61 heavy (non-hydrogen) atoms. The molecule has 4 aromatic carbocycles. The van der Waals surface area contributed by atoms with E-state index in [1.807, 2.05) is 67.3 Å². The van der Waals surface area contributed by atoms with Crippen LogP contribution in [0.1, 0.15) is 115 Å². The summed E-state index contributed by atoms with van der Waals surface area (Å²) in [6.07, 6.45) is 6.77. The van der Waals surface area contributed by atoms with Gasteiger partial charge in [0.1, 0.15) is 6.04 Å². The maximum absolute atomic E-state index is 13.2. The predicted molar refractivity (Wildman–Crippen MR) is 238 cm³/mol. The summed E-state index contributed by atoms with van der Waals surface area (Å²) in [6.45, 7) is 8.45. The molecule has 1 aromatic heterocycles. The molecular formula is C50H56N6O5. The third-order valence-corrected chi connectivity index (χ3v) is 13.2. The number of rotatable bonds is 10. The van der Waals surface area contributed by atoms with Crippen LogP contribution < -0.4 is 16.3 Å². The SMILES string of the molecule is Cc1ccccc1C(=O)N[C@H](C)c1ccc(C#CC2CCN(CCCCC(=O)N3CCC(c4ccc5c(c4)n(C)c(=O)n5C4CCC(=O)NC4=O)CC3)CC2)c2ccccc12. The van der Waals surface area contributed by atoms with Crippen molar-refractivity contribution >= 4 is 45.4 Å². The maximum atomic E-state index is 13.2. The fourth-order valence-electron chi connectivity index (χ4n) is 9.57. The Kier molecular flexibility index (Phi) is 12.5. The molecule has 11 heteroatoms. The first-order valence-electron chi connectivity index (χ1n) is 22.0. The smallest absolute Gasteiger partial charge is 0.329 e. The Labute approximate surface area is 357 Å². The number of benzene rings is 4. The zero-order chi connectivity index (χ0) is 42.6. The normalized spacial score (nSPS) is 18.5. The van der Waals surface area contributed by atoms with Crippen molar-refractivity contribution in [3.63, 3.8) is 0 Å². The number of aromatic nitrogens is 2. The highest BCUT2D eigenvalue weighted by molar-refractivity contribution is 6.00. The van der Waals surface area contributed by atoms with Crippen LogP contribution in [0.5, 0.6) is 0 Å². The third-order valence-electron chi connectivity index (χ3n) is 13.2. The average molecular weight is 821 g/mol. The molecule has 0 bridgehead atoms. The number of piperidine rings is 3. The van der Waals surface area contributed by atoms with E-state index in [0.717, 1.165) is 110 Å². The zero-order valence-corrected chi connectivity index (χ0v) is 35.5. The molecule has 4 heterocycles. The van der Waals surface area contributed by atoms with Gasteiger partial charge in [0.05, 0.1) is 17.1 Å². The highest BCUT2D eigenvalue weighted by Crippen LogP contribution is 2.32. The van der Waals surface area contributed by atoms with E-state index in [4.69, 9.17) is 0 Å². The topological polar surface area (TPSA) is 126 Å². The third kappa shape index (κ3) is 9.06. The van der Waals surface area contributed by atoms with E-state index in [-0.39, 0.29) is 41.8 Å². The number of imide groups is 1. The Bertz CT molecular complexity index is 2600. The van der Waals surface area contributed by atoms with Gasteiger partial charge >= 0.3 is 5.69 Å². The summed E-state index contributed by atoms with van der Waals surface area (Å²) in [5, 5.41) is 7.77. The molecule has 0 saturated carbocycles. The van der Waals surface area contributed by atoms with Gasteiger partial charge in [-0.3, -0.25) is 33.6 Å². The van der Waals surface area contributed by atoms with Crippen molar-refractivity contribution in [2.45, 2.75) is 89.6 Å². The number of fused-ring (bicyclic) bond motifs is 2. The second-order valence-electron chi connectivity index (χ2n) is 17.2. The van der Waals surface area contributed by atoms with Gasteiger partial charge in [0.25, 0.3) is 5.91 Å². The molecule has 4 amide bonds. The van der Waals surface area contributed by atoms with Crippen LogP contribution in [0.3, 0.4) is 0 Å². The number of nitrogens with zero attached hydrogens (tertiary/aromatic N) is 4. The van der Waals surface area contributed by atoms with Crippen molar-refractivity contribution in [3.8, 4) is 11.8 Å². The molecule has 0 spiro atoms. The second-order valence-corrected chi connectivity index (χ2v) is 17.2. The molecular weight excluding hydrogens is 765 g/mol. The number of hydrogen-bond donors (Lipinski definition) is 2. The fraction of sp³-hybridized carbons (Fsp3) is 0.420. The number of aryl methyl sites for hydroxylation is 2. The molecule has 1 unspecified atom stereocenters. The number of nitrogens with one attached hydrogen (secondary N) is 2. The van der Waals surface area contributed by atoms with E-state index in [1.54, 1.807) is 11.6 Å². The van der Waals surface area contributed by atoms with E-state index in [9.17, 15) is 24.0 Å². The Morgan fingerprint density at radius 3 is 2.33 bits per heavy atom. The first kappa shape index (κ1) is 41.7. The van der Waals surface area contributed by atoms with Gasteiger partial charge < -0.3 is 15.1 Å². The van der Waals surface area contributed by atoms with Crippen LogP contribution in [0, 0.1) is 24.7 Å². The lowest BCUT2D eigenvalue weighted by Gasteiger charge is -2.32. The number of unbranched alkanes of at least 4 members (excludes halogenated alkanes) is 1. The van der Waals surface area contributed by atoms with Crippen molar-refractivity contribution in [1.29, 1.82) is 0 Å². The molecule has 3 saturated heterocycles. The number of hydrogen-bond acceptors (Lipinski definition) is 6. The molecule has 2 N–H and O–H groups in total. The van der Waals surface area contributed by atoms with Gasteiger partial charge in [0.15, 0.2) is 0 Å². The zero-order valence-electron chi connectivity index (χ0n) is 35.5. The summed E-state index contributed by atoms with van der Waals surface area (Å²) < 4.78 is 3.10. The molecule has 8 rings (SSSR count). The summed E-state index contributed by atoms with van der Waals surface area (Å²) in [4.78, 5) is 68.3. The Morgan fingerprint density at radius 1 is 0.836 bits per heavy atom.